The second-order valence-electron chi connectivity index (χ2n) is 3.91. The molecule has 0 aliphatic rings. The molecule has 0 fully saturated rings. The Morgan fingerprint density at radius 3 is 3.00 bits per heavy atom. The number of nitrogens with zero attached hydrogens (tertiary/aromatic N) is 1. The van der Waals surface area contributed by atoms with Gasteiger partial charge in [0.1, 0.15) is 11.6 Å². The average molecular weight is 219 g/mol. The summed E-state index contributed by atoms with van der Waals surface area (Å²) in [5.41, 5.74) is -0.127. The highest BCUT2D eigenvalue weighted by molar-refractivity contribution is 5.33. The molecule has 0 aromatic carbocycles. The molecule has 1 heterocycles. The van der Waals surface area contributed by atoms with Gasteiger partial charge < -0.3 is 10.3 Å². The zero-order valence-corrected chi connectivity index (χ0v) is 9.71. The van der Waals surface area contributed by atoms with E-state index in [1.807, 2.05) is 13.8 Å². The van der Waals surface area contributed by atoms with Gasteiger partial charge in [0.2, 0.25) is 0 Å². The molecule has 1 rings (SSSR count). The summed E-state index contributed by atoms with van der Waals surface area (Å²) in [5.74, 6) is 4.09. The highest BCUT2D eigenvalue weighted by Gasteiger charge is 2.04. The minimum atomic E-state index is -0.127. The number of hydrogen-bond donors (Lipinski definition) is 2. The number of anilines is 1. The Bertz CT molecular complexity index is 429. The molecule has 0 atom stereocenters. The van der Waals surface area contributed by atoms with Crippen LogP contribution < -0.4 is 10.9 Å². The van der Waals surface area contributed by atoms with Crippen LogP contribution in [0.2, 0.25) is 0 Å². The molecule has 0 aliphatic carbocycles. The number of H-pyrrole nitrogens is 1. The van der Waals surface area contributed by atoms with Gasteiger partial charge in [0.15, 0.2) is 0 Å². The van der Waals surface area contributed by atoms with Crippen molar-refractivity contribution in [3.05, 3.63) is 22.2 Å². The topological polar surface area (TPSA) is 57.8 Å². The predicted molar refractivity (Wildman–Crippen MR) is 65.5 cm³/mol. The lowest BCUT2D eigenvalue weighted by Gasteiger charge is -2.08. The van der Waals surface area contributed by atoms with Crippen molar-refractivity contribution in [1.82, 2.24) is 9.97 Å². The standard InChI is InChI=1S/C12H17N3O/c1-4-5-6-7-13-10-8-11(16)15-12(14-10)9(2)3/h1,8-9H,5-7H2,2-3H3,(H2,13,14,15,16). The smallest absolute Gasteiger partial charge is 0.252 e. The molecule has 4 heteroatoms. The van der Waals surface area contributed by atoms with E-state index in [1.165, 1.54) is 6.07 Å². The maximum atomic E-state index is 11.3. The zero-order chi connectivity index (χ0) is 12.0. The van der Waals surface area contributed by atoms with Gasteiger partial charge in [-0.15, -0.1) is 12.3 Å². The van der Waals surface area contributed by atoms with Gasteiger partial charge in [-0.3, -0.25) is 4.79 Å². The van der Waals surface area contributed by atoms with Crippen LogP contribution in [0.5, 0.6) is 0 Å². The van der Waals surface area contributed by atoms with Crippen LogP contribution in [0.15, 0.2) is 10.9 Å². The Morgan fingerprint density at radius 1 is 1.62 bits per heavy atom. The average Bonchev–Trinajstić information content (AvgIpc) is 2.23. The first-order valence-corrected chi connectivity index (χ1v) is 5.42. The molecule has 0 aliphatic heterocycles. The van der Waals surface area contributed by atoms with E-state index in [4.69, 9.17) is 6.42 Å². The lowest BCUT2D eigenvalue weighted by Crippen LogP contribution is -2.15. The first kappa shape index (κ1) is 12.3. The summed E-state index contributed by atoms with van der Waals surface area (Å²) in [6, 6.07) is 1.46. The third-order valence-electron chi connectivity index (χ3n) is 2.11. The van der Waals surface area contributed by atoms with E-state index in [1.54, 1.807) is 0 Å². The summed E-state index contributed by atoms with van der Waals surface area (Å²) in [5, 5.41) is 3.09. The van der Waals surface area contributed by atoms with Crippen molar-refractivity contribution < 1.29 is 0 Å². The largest absolute Gasteiger partial charge is 0.370 e. The summed E-state index contributed by atoms with van der Waals surface area (Å²) < 4.78 is 0. The number of aromatic amines is 1. The van der Waals surface area contributed by atoms with Crippen molar-refractivity contribution >= 4 is 5.82 Å². The minimum Gasteiger partial charge on any atom is -0.370 e. The van der Waals surface area contributed by atoms with Crippen molar-refractivity contribution in [1.29, 1.82) is 0 Å². The molecule has 0 bridgehead atoms. The van der Waals surface area contributed by atoms with Crippen molar-refractivity contribution in [2.45, 2.75) is 32.6 Å². The number of terminal acetylenes is 1. The van der Waals surface area contributed by atoms with E-state index >= 15 is 0 Å². The van der Waals surface area contributed by atoms with E-state index in [0.29, 0.717) is 11.6 Å². The lowest BCUT2D eigenvalue weighted by molar-refractivity contribution is 0.765. The van der Waals surface area contributed by atoms with Crippen LogP contribution >= 0.6 is 0 Å². The summed E-state index contributed by atoms with van der Waals surface area (Å²) in [4.78, 5) is 18.4. The molecule has 0 radical (unpaired) electrons. The van der Waals surface area contributed by atoms with E-state index in [2.05, 4.69) is 21.2 Å². The van der Waals surface area contributed by atoms with E-state index < -0.39 is 0 Å². The Morgan fingerprint density at radius 2 is 2.38 bits per heavy atom. The molecule has 1 aromatic heterocycles. The zero-order valence-electron chi connectivity index (χ0n) is 9.71. The lowest BCUT2D eigenvalue weighted by atomic mass is 10.2. The van der Waals surface area contributed by atoms with Gasteiger partial charge in [-0.25, -0.2) is 4.98 Å². The van der Waals surface area contributed by atoms with Crippen LogP contribution in [-0.2, 0) is 0 Å². The maximum absolute atomic E-state index is 11.3. The molecule has 4 nitrogen and oxygen atoms in total. The van der Waals surface area contributed by atoms with Gasteiger partial charge in [-0.05, 0) is 6.42 Å². The highest BCUT2D eigenvalue weighted by Crippen LogP contribution is 2.08. The number of nitrogens with one attached hydrogen (secondary N) is 2. The number of hydrogen-bond acceptors (Lipinski definition) is 3. The Balaban J connectivity index is 2.66. The van der Waals surface area contributed by atoms with Crippen LogP contribution in [0.3, 0.4) is 0 Å². The molecule has 86 valence electrons. The summed E-state index contributed by atoms with van der Waals surface area (Å²) in [6.45, 7) is 4.71. The van der Waals surface area contributed by atoms with E-state index in [9.17, 15) is 4.79 Å². The number of rotatable bonds is 5. The molecule has 0 amide bonds. The van der Waals surface area contributed by atoms with Crippen LogP contribution in [0.25, 0.3) is 0 Å². The van der Waals surface area contributed by atoms with Crippen LogP contribution in [0.4, 0.5) is 5.82 Å². The van der Waals surface area contributed by atoms with E-state index in [-0.39, 0.29) is 11.5 Å². The molecule has 0 saturated heterocycles. The van der Waals surface area contributed by atoms with Gasteiger partial charge in [-0.1, -0.05) is 13.8 Å². The Hall–Kier alpha value is -1.76. The Labute approximate surface area is 95.5 Å². The Kier molecular flexibility index (Phi) is 4.59. The fourth-order valence-electron chi connectivity index (χ4n) is 1.25. The second kappa shape index (κ2) is 5.96. The molecule has 0 saturated carbocycles. The molecule has 1 aromatic rings. The van der Waals surface area contributed by atoms with Gasteiger partial charge in [0.05, 0.1) is 0 Å². The van der Waals surface area contributed by atoms with Crippen molar-refractivity contribution in [3.63, 3.8) is 0 Å². The third-order valence-corrected chi connectivity index (χ3v) is 2.11. The predicted octanol–water partition coefficient (Wildman–Crippen LogP) is 1.72. The van der Waals surface area contributed by atoms with Gasteiger partial charge >= 0.3 is 0 Å². The van der Waals surface area contributed by atoms with Crippen molar-refractivity contribution in [2.24, 2.45) is 0 Å². The van der Waals surface area contributed by atoms with Crippen LogP contribution in [0, 0.1) is 12.3 Å². The summed E-state index contributed by atoms with van der Waals surface area (Å²) in [6.07, 6.45) is 6.75. The fourth-order valence-corrected chi connectivity index (χ4v) is 1.25. The molecular formula is C12H17N3O. The van der Waals surface area contributed by atoms with Crippen LogP contribution in [-0.4, -0.2) is 16.5 Å². The SMILES string of the molecule is C#CCCCNc1cc(=O)[nH]c(C(C)C)n1. The van der Waals surface area contributed by atoms with Gasteiger partial charge in [0.25, 0.3) is 5.56 Å². The molecule has 0 spiro atoms. The first-order chi connectivity index (χ1) is 7.63. The second-order valence-corrected chi connectivity index (χ2v) is 3.91. The monoisotopic (exact) mass is 219 g/mol. The fraction of sp³-hybridized carbons (Fsp3) is 0.500. The van der Waals surface area contributed by atoms with Crippen molar-refractivity contribution in [3.8, 4) is 12.3 Å². The molecule has 2 N–H and O–H groups in total. The van der Waals surface area contributed by atoms with Gasteiger partial charge in [0, 0.05) is 24.9 Å². The summed E-state index contributed by atoms with van der Waals surface area (Å²) in [7, 11) is 0. The molecule has 16 heavy (non-hydrogen) atoms. The van der Waals surface area contributed by atoms with E-state index in [0.717, 1.165) is 19.4 Å². The van der Waals surface area contributed by atoms with Gasteiger partial charge in [-0.2, -0.15) is 0 Å². The minimum absolute atomic E-state index is 0.127. The normalized spacial score (nSPS) is 10.1. The number of aromatic nitrogens is 2. The first-order valence-electron chi connectivity index (χ1n) is 5.42. The molecular weight excluding hydrogens is 202 g/mol. The quantitative estimate of drug-likeness (QED) is 0.585. The maximum Gasteiger partial charge on any atom is 0.252 e. The number of unbranched alkanes of at least 4 members (excludes halogenated alkanes) is 1. The van der Waals surface area contributed by atoms with Crippen molar-refractivity contribution in [2.75, 3.05) is 11.9 Å². The third kappa shape index (κ3) is 3.77. The van der Waals surface area contributed by atoms with Crippen LogP contribution in [0.1, 0.15) is 38.4 Å². The highest BCUT2D eigenvalue weighted by atomic mass is 16.1. The molecule has 0 unspecified atom stereocenters. The summed E-state index contributed by atoms with van der Waals surface area (Å²) >= 11 is 0.